The Morgan fingerprint density at radius 1 is 1.20 bits per heavy atom. The molecule has 0 saturated heterocycles. The van der Waals surface area contributed by atoms with Crippen LogP contribution in [0.1, 0.15) is 11.1 Å². The van der Waals surface area contributed by atoms with E-state index in [-0.39, 0.29) is 4.90 Å². The molecular formula is C10H14N2O2S. The highest BCUT2D eigenvalue weighted by Gasteiger charge is 2.17. The van der Waals surface area contributed by atoms with Gasteiger partial charge in [0.25, 0.3) is 0 Å². The molecule has 1 aromatic rings. The standard InChI is InChI=1S/C10H14N2O2S/c11-15(13,14)10-3-1-2-8-4-6-12-7-5-9(8)10/h1-3,12H,4-7H2,(H2,11,13,14). The van der Waals surface area contributed by atoms with Crippen LogP contribution >= 0.6 is 0 Å². The maximum atomic E-state index is 11.4. The number of rotatable bonds is 1. The van der Waals surface area contributed by atoms with Gasteiger partial charge in [0.15, 0.2) is 0 Å². The van der Waals surface area contributed by atoms with Crippen LogP contribution in [0.5, 0.6) is 0 Å². The fraction of sp³-hybridized carbons (Fsp3) is 0.400. The lowest BCUT2D eigenvalue weighted by molar-refractivity contribution is 0.596. The van der Waals surface area contributed by atoms with E-state index in [1.54, 1.807) is 12.1 Å². The highest BCUT2D eigenvalue weighted by atomic mass is 32.2. The van der Waals surface area contributed by atoms with Crippen LogP contribution in [0.4, 0.5) is 0 Å². The average Bonchev–Trinajstić information content (AvgIpc) is 2.39. The topological polar surface area (TPSA) is 72.2 Å². The molecule has 0 unspecified atom stereocenters. The summed E-state index contributed by atoms with van der Waals surface area (Å²) in [6.45, 7) is 1.70. The highest BCUT2D eigenvalue weighted by molar-refractivity contribution is 7.89. The Balaban J connectivity index is 2.58. The molecule has 1 heterocycles. The average molecular weight is 226 g/mol. The van der Waals surface area contributed by atoms with Crippen LogP contribution in [0.3, 0.4) is 0 Å². The molecule has 0 aromatic heterocycles. The third kappa shape index (κ3) is 2.19. The molecule has 0 fully saturated rings. The number of primary sulfonamides is 1. The van der Waals surface area contributed by atoms with Crippen LogP contribution in [0, 0.1) is 0 Å². The summed E-state index contributed by atoms with van der Waals surface area (Å²) in [4.78, 5) is 0.281. The van der Waals surface area contributed by atoms with Crippen molar-refractivity contribution in [2.24, 2.45) is 5.14 Å². The van der Waals surface area contributed by atoms with Gasteiger partial charge in [-0.15, -0.1) is 0 Å². The van der Waals surface area contributed by atoms with Gasteiger partial charge in [-0.2, -0.15) is 0 Å². The van der Waals surface area contributed by atoms with Crippen LogP contribution in [-0.4, -0.2) is 21.5 Å². The van der Waals surface area contributed by atoms with Gasteiger partial charge in [0.2, 0.25) is 10.0 Å². The summed E-state index contributed by atoms with van der Waals surface area (Å²) < 4.78 is 22.7. The van der Waals surface area contributed by atoms with Crippen molar-refractivity contribution in [3.8, 4) is 0 Å². The smallest absolute Gasteiger partial charge is 0.238 e. The molecule has 1 aliphatic rings. The van der Waals surface area contributed by atoms with Crippen molar-refractivity contribution in [2.45, 2.75) is 17.7 Å². The molecule has 2 rings (SSSR count). The molecule has 0 amide bonds. The van der Waals surface area contributed by atoms with Crippen molar-refractivity contribution in [3.05, 3.63) is 29.3 Å². The van der Waals surface area contributed by atoms with Crippen LogP contribution in [-0.2, 0) is 22.9 Å². The van der Waals surface area contributed by atoms with Gasteiger partial charge in [-0.1, -0.05) is 12.1 Å². The third-order valence-corrected chi connectivity index (χ3v) is 3.66. The van der Waals surface area contributed by atoms with Crippen molar-refractivity contribution >= 4 is 10.0 Å². The summed E-state index contributed by atoms with van der Waals surface area (Å²) in [5.74, 6) is 0. The van der Waals surface area contributed by atoms with Crippen LogP contribution in [0.15, 0.2) is 23.1 Å². The first-order valence-electron chi connectivity index (χ1n) is 4.93. The molecule has 0 atom stereocenters. The number of hydrogen-bond donors (Lipinski definition) is 2. The molecule has 1 aliphatic heterocycles. The summed E-state index contributed by atoms with van der Waals surface area (Å²) in [5.41, 5.74) is 1.97. The molecule has 0 saturated carbocycles. The summed E-state index contributed by atoms with van der Waals surface area (Å²) in [7, 11) is -3.59. The first kappa shape index (κ1) is 10.6. The largest absolute Gasteiger partial charge is 0.316 e. The monoisotopic (exact) mass is 226 g/mol. The second-order valence-electron chi connectivity index (χ2n) is 3.69. The number of fused-ring (bicyclic) bond motifs is 1. The molecule has 0 aliphatic carbocycles. The number of hydrogen-bond acceptors (Lipinski definition) is 3. The van der Waals surface area contributed by atoms with E-state index in [1.807, 2.05) is 6.07 Å². The fourth-order valence-electron chi connectivity index (χ4n) is 1.96. The first-order chi connectivity index (χ1) is 7.09. The van der Waals surface area contributed by atoms with E-state index in [2.05, 4.69) is 5.32 Å². The maximum absolute atomic E-state index is 11.4. The molecule has 4 nitrogen and oxygen atoms in total. The Morgan fingerprint density at radius 3 is 2.67 bits per heavy atom. The molecule has 0 spiro atoms. The summed E-state index contributed by atoms with van der Waals surface area (Å²) in [6.07, 6.45) is 1.58. The Morgan fingerprint density at radius 2 is 1.93 bits per heavy atom. The Labute approximate surface area is 89.5 Å². The Hall–Kier alpha value is -0.910. The Bertz CT molecular complexity index is 468. The first-order valence-corrected chi connectivity index (χ1v) is 6.48. The molecule has 0 radical (unpaired) electrons. The van der Waals surface area contributed by atoms with E-state index in [0.29, 0.717) is 0 Å². The zero-order valence-electron chi connectivity index (χ0n) is 8.36. The van der Waals surface area contributed by atoms with Crippen LogP contribution in [0.2, 0.25) is 0 Å². The minimum absolute atomic E-state index is 0.281. The second-order valence-corrected chi connectivity index (χ2v) is 5.22. The van der Waals surface area contributed by atoms with Gasteiger partial charge >= 0.3 is 0 Å². The van der Waals surface area contributed by atoms with Gasteiger partial charge in [0.1, 0.15) is 0 Å². The van der Waals surface area contributed by atoms with E-state index in [4.69, 9.17) is 5.14 Å². The van der Waals surface area contributed by atoms with Crippen LogP contribution < -0.4 is 10.5 Å². The zero-order valence-corrected chi connectivity index (χ0v) is 9.18. The molecular weight excluding hydrogens is 212 g/mol. The van der Waals surface area contributed by atoms with Crippen molar-refractivity contribution in [3.63, 3.8) is 0 Å². The number of benzene rings is 1. The summed E-state index contributed by atoms with van der Waals surface area (Å²) in [6, 6.07) is 5.31. The van der Waals surface area contributed by atoms with Crippen molar-refractivity contribution in [1.82, 2.24) is 5.32 Å². The SMILES string of the molecule is NS(=O)(=O)c1cccc2c1CCNCC2. The second kappa shape index (κ2) is 3.92. The normalized spacial score (nSPS) is 16.9. The van der Waals surface area contributed by atoms with E-state index in [0.717, 1.165) is 37.1 Å². The number of nitrogens with two attached hydrogens (primary N) is 1. The summed E-state index contributed by atoms with van der Waals surface area (Å²) in [5, 5.41) is 8.42. The van der Waals surface area contributed by atoms with Crippen molar-refractivity contribution < 1.29 is 8.42 Å². The lowest BCUT2D eigenvalue weighted by Gasteiger charge is -2.09. The molecule has 82 valence electrons. The molecule has 3 N–H and O–H groups in total. The van der Waals surface area contributed by atoms with Gasteiger partial charge in [0, 0.05) is 0 Å². The fourth-order valence-corrected chi connectivity index (χ4v) is 2.80. The van der Waals surface area contributed by atoms with E-state index < -0.39 is 10.0 Å². The van der Waals surface area contributed by atoms with Gasteiger partial charge < -0.3 is 5.32 Å². The maximum Gasteiger partial charge on any atom is 0.238 e. The van der Waals surface area contributed by atoms with Gasteiger partial charge in [0.05, 0.1) is 4.90 Å². The minimum Gasteiger partial charge on any atom is -0.316 e. The third-order valence-electron chi connectivity index (χ3n) is 2.66. The summed E-state index contributed by atoms with van der Waals surface area (Å²) >= 11 is 0. The quantitative estimate of drug-likeness (QED) is 0.709. The van der Waals surface area contributed by atoms with E-state index in [1.165, 1.54) is 0 Å². The molecule has 0 bridgehead atoms. The van der Waals surface area contributed by atoms with E-state index >= 15 is 0 Å². The molecule has 15 heavy (non-hydrogen) atoms. The molecule has 1 aromatic carbocycles. The van der Waals surface area contributed by atoms with E-state index in [9.17, 15) is 8.42 Å². The van der Waals surface area contributed by atoms with Crippen molar-refractivity contribution in [2.75, 3.05) is 13.1 Å². The predicted molar refractivity (Wildman–Crippen MR) is 58.1 cm³/mol. The lowest BCUT2D eigenvalue weighted by Crippen LogP contribution is -2.17. The number of sulfonamides is 1. The van der Waals surface area contributed by atoms with Gasteiger partial charge in [-0.05, 0) is 43.1 Å². The molecule has 5 heteroatoms. The van der Waals surface area contributed by atoms with Crippen LogP contribution in [0.25, 0.3) is 0 Å². The van der Waals surface area contributed by atoms with Gasteiger partial charge in [-0.25, -0.2) is 13.6 Å². The van der Waals surface area contributed by atoms with Crippen molar-refractivity contribution in [1.29, 1.82) is 0 Å². The minimum atomic E-state index is -3.59. The lowest BCUT2D eigenvalue weighted by atomic mass is 10.0. The zero-order chi connectivity index (χ0) is 10.9. The van der Waals surface area contributed by atoms with Gasteiger partial charge in [-0.3, -0.25) is 0 Å². The predicted octanol–water partition coefficient (Wildman–Crippen LogP) is 0.0222. The number of nitrogens with one attached hydrogen (secondary N) is 1. The Kier molecular flexibility index (Phi) is 2.77. The highest BCUT2D eigenvalue weighted by Crippen LogP contribution is 2.20.